The lowest BCUT2D eigenvalue weighted by Gasteiger charge is -2.08. The Morgan fingerprint density at radius 1 is 1.10 bits per heavy atom. The minimum absolute atomic E-state index is 0.0397. The van der Waals surface area contributed by atoms with Gasteiger partial charge in [0, 0.05) is 12.8 Å². The maximum absolute atomic E-state index is 11.7. The highest BCUT2D eigenvalue weighted by molar-refractivity contribution is 5.93. The van der Waals surface area contributed by atoms with Crippen LogP contribution in [0.4, 0.5) is 5.69 Å². The summed E-state index contributed by atoms with van der Waals surface area (Å²) in [5.74, 6) is -0.804. The van der Waals surface area contributed by atoms with Gasteiger partial charge in [-0.3, -0.25) is 0 Å². The Hall–Kier alpha value is -1.83. The zero-order chi connectivity index (χ0) is 15.5. The highest BCUT2D eigenvalue weighted by atomic mass is 16.6. The first-order valence-corrected chi connectivity index (χ1v) is 6.55. The molecule has 0 radical (unpaired) electrons. The summed E-state index contributed by atoms with van der Waals surface area (Å²) in [4.78, 5) is 11.7. The fourth-order valence-electron chi connectivity index (χ4n) is 1.45. The summed E-state index contributed by atoms with van der Waals surface area (Å²) in [5, 5.41) is 9.53. The van der Waals surface area contributed by atoms with Crippen molar-refractivity contribution in [1.29, 1.82) is 0 Å². The molecule has 0 fully saturated rings. The lowest BCUT2D eigenvalue weighted by atomic mass is 10.2. The van der Waals surface area contributed by atoms with Crippen molar-refractivity contribution in [3.05, 3.63) is 23.8 Å². The SMILES string of the molecule is COCCOCCOCCOC(=O)c1cc(N)ccc1O. The predicted octanol–water partition coefficient (Wildman–Crippen LogP) is 0.811. The summed E-state index contributed by atoms with van der Waals surface area (Å²) in [7, 11) is 1.60. The molecule has 0 aliphatic rings. The number of hydrogen-bond acceptors (Lipinski definition) is 7. The zero-order valence-electron chi connectivity index (χ0n) is 12.0. The molecule has 0 amide bonds. The molecule has 0 aliphatic carbocycles. The Bertz CT molecular complexity index is 437. The van der Waals surface area contributed by atoms with Crippen LogP contribution in [0.3, 0.4) is 0 Å². The molecule has 0 aromatic heterocycles. The van der Waals surface area contributed by atoms with E-state index in [0.29, 0.717) is 32.1 Å². The number of methoxy groups -OCH3 is 1. The molecule has 7 nitrogen and oxygen atoms in total. The van der Waals surface area contributed by atoms with Crippen molar-refractivity contribution in [1.82, 2.24) is 0 Å². The molecule has 118 valence electrons. The number of hydrogen-bond donors (Lipinski definition) is 2. The molecule has 7 heteroatoms. The van der Waals surface area contributed by atoms with Crippen molar-refractivity contribution in [3.8, 4) is 5.75 Å². The predicted molar refractivity (Wildman–Crippen MR) is 76.3 cm³/mol. The van der Waals surface area contributed by atoms with Crippen molar-refractivity contribution in [2.75, 3.05) is 52.5 Å². The number of benzene rings is 1. The van der Waals surface area contributed by atoms with Crippen molar-refractivity contribution < 1.29 is 28.8 Å². The Kier molecular flexibility index (Phi) is 8.18. The molecule has 1 aromatic rings. The Morgan fingerprint density at radius 3 is 2.38 bits per heavy atom. The van der Waals surface area contributed by atoms with E-state index in [-0.39, 0.29) is 24.5 Å². The second-order valence-corrected chi connectivity index (χ2v) is 4.13. The summed E-state index contributed by atoms with van der Waals surface area (Å²) >= 11 is 0. The van der Waals surface area contributed by atoms with Crippen LogP contribution < -0.4 is 5.73 Å². The number of carbonyl (C=O) groups is 1. The maximum atomic E-state index is 11.7. The molecule has 0 saturated carbocycles. The van der Waals surface area contributed by atoms with Gasteiger partial charge in [0.25, 0.3) is 0 Å². The van der Waals surface area contributed by atoms with Crippen LogP contribution in [-0.2, 0) is 18.9 Å². The van der Waals surface area contributed by atoms with Gasteiger partial charge in [-0.1, -0.05) is 0 Å². The number of phenols is 1. The van der Waals surface area contributed by atoms with Gasteiger partial charge < -0.3 is 29.8 Å². The molecule has 0 saturated heterocycles. The lowest BCUT2D eigenvalue weighted by Crippen LogP contribution is -2.14. The van der Waals surface area contributed by atoms with Gasteiger partial charge in [0.15, 0.2) is 0 Å². The summed E-state index contributed by atoms with van der Waals surface area (Å²) in [5.41, 5.74) is 5.96. The minimum Gasteiger partial charge on any atom is -0.507 e. The van der Waals surface area contributed by atoms with E-state index in [1.807, 2.05) is 0 Å². The Labute approximate surface area is 123 Å². The van der Waals surface area contributed by atoms with Crippen LogP contribution in [0.1, 0.15) is 10.4 Å². The molecule has 1 aromatic carbocycles. The number of anilines is 1. The van der Waals surface area contributed by atoms with Crippen molar-refractivity contribution >= 4 is 11.7 Å². The molecule has 3 N–H and O–H groups in total. The number of ether oxygens (including phenoxy) is 4. The molecule has 0 heterocycles. The van der Waals surface area contributed by atoms with E-state index in [2.05, 4.69) is 0 Å². The molecular weight excluding hydrogens is 278 g/mol. The number of phenolic OH excluding ortho intramolecular Hbond substituents is 1. The van der Waals surface area contributed by atoms with Crippen LogP contribution in [0.15, 0.2) is 18.2 Å². The van der Waals surface area contributed by atoms with Gasteiger partial charge in [0.1, 0.15) is 17.9 Å². The lowest BCUT2D eigenvalue weighted by molar-refractivity contribution is 0.00561. The fourth-order valence-corrected chi connectivity index (χ4v) is 1.45. The van der Waals surface area contributed by atoms with Gasteiger partial charge in [-0.25, -0.2) is 4.79 Å². The quantitative estimate of drug-likeness (QED) is 0.285. The van der Waals surface area contributed by atoms with Crippen LogP contribution in [0.2, 0.25) is 0 Å². The van der Waals surface area contributed by atoms with E-state index < -0.39 is 5.97 Å². The van der Waals surface area contributed by atoms with E-state index in [9.17, 15) is 9.90 Å². The van der Waals surface area contributed by atoms with Gasteiger partial charge in [-0.2, -0.15) is 0 Å². The highest BCUT2D eigenvalue weighted by Gasteiger charge is 2.12. The maximum Gasteiger partial charge on any atom is 0.342 e. The first-order chi connectivity index (χ1) is 10.1. The van der Waals surface area contributed by atoms with Crippen molar-refractivity contribution in [2.45, 2.75) is 0 Å². The number of nitrogen functional groups attached to an aromatic ring is 1. The van der Waals surface area contributed by atoms with Crippen LogP contribution in [0.5, 0.6) is 5.75 Å². The molecule has 0 bridgehead atoms. The molecule has 21 heavy (non-hydrogen) atoms. The Balaban J connectivity index is 2.12. The van der Waals surface area contributed by atoms with Crippen LogP contribution in [0.25, 0.3) is 0 Å². The largest absolute Gasteiger partial charge is 0.507 e. The highest BCUT2D eigenvalue weighted by Crippen LogP contribution is 2.20. The summed E-state index contributed by atoms with van der Waals surface area (Å²) in [6.07, 6.45) is 0. The number of nitrogens with two attached hydrogens (primary N) is 1. The van der Waals surface area contributed by atoms with Gasteiger partial charge >= 0.3 is 5.97 Å². The van der Waals surface area contributed by atoms with Crippen LogP contribution >= 0.6 is 0 Å². The summed E-state index contributed by atoms with van der Waals surface area (Å²) in [6, 6.07) is 4.21. The third-order valence-corrected chi connectivity index (χ3v) is 2.51. The average Bonchev–Trinajstić information content (AvgIpc) is 2.48. The van der Waals surface area contributed by atoms with Crippen molar-refractivity contribution in [3.63, 3.8) is 0 Å². The van der Waals surface area contributed by atoms with Gasteiger partial charge in [-0.15, -0.1) is 0 Å². The first kappa shape index (κ1) is 17.2. The average molecular weight is 299 g/mol. The standard InChI is InChI=1S/C14H21NO6/c1-18-4-5-19-6-7-20-8-9-21-14(17)12-10-11(15)2-3-13(12)16/h2-3,10,16H,4-9,15H2,1H3. The Morgan fingerprint density at radius 2 is 1.71 bits per heavy atom. The monoisotopic (exact) mass is 299 g/mol. The topological polar surface area (TPSA) is 100 Å². The van der Waals surface area contributed by atoms with Crippen LogP contribution in [-0.4, -0.2) is 57.8 Å². The molecule has 0 aliphatic heterocycles. The van der Waals surface area contributed by atoms with E-state index in [1.165, 1.54) is 18.2 Å². The van der Waals surface area contributed by atoms with E-state index in [0.717, 1.165) is 0 Å². The van der Waals surface area contributed by atoms with E-state index in [1.54, 1.807) is 7.11 Å². The van der Waals surface area contributed by atoms with Gasteiger partial charge in [-0.05, 0) is 18.2 Å². The number of esters is 1. The third kappa shape index (κ3) is 6.94. The smallest absolute Gasteiger partial charge is 0.342 e. The molecule has 0 spiro atoms. The fraction of sp³-hybridized carbons (Fsp3) is 0.500. The molecule has 0 unspecified atom stereocenters. The third-order valence-electron chi connectivity index (χ3n) is 2.51. The molecule has 1 rings (SSSR count). The summed E-state index contributed by atoms with van der Waals surface area (Å²) in [6.45, 7) is 2.26. The molecule has 0 atom stereocenters. The number of aromatic hydroxyl groups is 1. The molecular formula is C14H21NO6. The number of rotatable bonds is 10. The summed E-state index contributed by atoms with van der Waals surface area (Å²) < 4.78 is 20.2. The van der Waals surface area contributed by atoms with Gasteiger partial charge in [0.05, 0.1) is 33.0 Å². The minimum atomic E-state index is -0.639. The first-order valence-electron chi connectivity index (χ1n) is 6.55. The normalized spacial score (nSPS) is 10.5. The zero-order valence-corrected chi connectivity index (χ0v) is 12.0. The van der Waals surface area contributed by atoms with Gasteiger partial charge in [0.2, 0.25) is 0 Å². The van der Waals surface area contributed by atoms with E-state index >= 15 is 0 Å². The second-order valence-electron chi connectivity index (χ2n) is 4.13. The van der Waals surface area contributed by atoms with Crippen LogP contribution in [0, 0.1) is 0 Å². The second kappa shape index (κ2) is 9.98. The van der Waals surface area contributed by atoms with E-state index in [4.69, 9.17) is 24.7 Å². The van der Waals surface area contributed by atoms with Crippen molar-refractivity contribution in [2.24, 2.45) is 0 Å². The number of carbonyl (C=O) groups excluding carboxylic acids is 1.